The predicted molar refractivity (Wildman–Crippen MR) is 85.8 cm³/mol. The third-order valence-electron chi connectivity index (χ3n) is 4.34. The maximum atomic E-state index is 10.1. The summed E-state index contributed by atoms with van der Waals surface area (Å²) in [6, 6.07) is 0. The molecule has 2 heteroatoms. The number of fused-ring (bicyclic) bond motifs is 1. The summed E-state index contributed by atoms with van der Waals surface area (Å²) in [5.74, 6) is 1.44. The van der Waals surface area contributed by atoms with Crippen molar-refractivity contribution in [2.45, 2.75) is 66.4 Å². The van der Waals surface area contributed by atoms with Gasteiger partial charge in [0, 0.05) is 5.56 Å². The highest BCUT2D eigenvalue weighted by atomic mass is 16.5. The molecule has 0 bridgehead atoms. The van der Waals surface area contributed by atoms with Crippen molar-refractivity contribution in [2.24, 2.45) is 0 Å². The minimum absolute atomic E-state index is 0.0480. The smallest absolute Gasteiger partial charge is 0.127 e. The molecule has 0 amide bonds. The van der Waals surface area contributed by atoms with Crippen molar-refractivity contribution >= 4 is 0 Å². The minimum atomic E-state index is -0.0480. The number of hydrogen-bond acceptors (Lipinski definition) is 2. The Morgan fingerprint density at radius 2 is 1.80 bits per heavy atom. The van der Waals surface area contributed by atoms with E-state index in [0.29, 0.717) is 5.75 Å². The van der Waals surface area contributed by atoms with E-state index in [-0.39, 0.29) is 5.60 Å². The molecule has 0 fully saturated rings. The van der Waals surface area contributed by atoms with E-state index in [4.69, 9.17) is 4.74 Å². The fourth-order valence-corrected chi connectivity index (χ4v) is 2.54. The van der Waals surface area contributed by atoms with Gasteiger partial charge in [0.25, 0.3) is 0 Å². The van der Waals surface area contributed by atoms with Gasteiger partial charge in [-0.1, -0.05) is 13.0 Å². The third kappa shape index (κ3) is 3.00. The molecule has 0 saturated heterocycles. The number of ether oxygens (including phenoxy) is 1. The van der Waals surface area contributed by atoms with Gasteiger partial charge in [-0.05, 0) is 70.6 Å². The van der Waals surface area contributed by atoms with Crippen LogP contribution < -0.4 is 4.74 Å². The zero-order chi connectivity index (χ0) is 15.5. The number of aromatic hydroxyl groups is 1. The molecule has 1 aromatic rings. The highest BCUT2D eigenvalue weighted by molar-refractivity contribution is 5.58. The quantitative estimate of drug-likeness (QED) is 0.731. The first-order valence-electron chi connectivity index (χ1n) is 7.39. The fourth-order valence-electron chi connectivity index (χ4n) is 2.54. The van der Waals surface area contributed by atoms with Gasteiger partial charge in [-0.15, -0.1) is 6.58 Å². The third-order valence-corrected chi connectivity index (χ3v) is 4.34. The normalized spacial score (nSPS) is 20.3. The van der Waals surface area contributed by atoms with Crippen molar-refractivity contribution in [3.63, 3.8) is 0 Å². The second-order valence-corrected chi connectivity index (χ2v) is 5.85. The zero-order valence-corrected chi connectivity index (χ0v) is 13.8. The Morgan fingerprint density at radius 3 is 2.30 bits per heavy atom. The van der Waals surface area contributed by atoms with Crippen LogP contribution in [0.2, 0.25) is 0 Å². The van der Waals surface area contributed by atoms with Crippen molar-refractivity contribution in [3.05, 3.63) is 34.9 Å². The molecule has 20 heavy (non-hydrogen) atoms. The Labute approximate surface area is 123 Å². The van der Waals surface area contributed by atoms with Crippen LogP contribution in [0.25, 0.3) is 0 Å². The lowest BCUT2D eigenvalue weighted by molar-refractivity contribution is 0.0598. The first-order valence-corrected chi connectivity index (χ1v) is 7.39. The van der Waals surface area contributed by atoms with Gasteiger partial charge in [-0.2, -0.15) is 0 Å². The lowest BCUT2D eigenvalue weighted by Gasteiger charge is -2.37. The van der Waals surface area contributed by atoms with Crippen molar-refractivity contribution in [3.8, 4) is 11.5 Å². The second kappa shape index (κ2) is 6.34. The van der Waals surface area contributed by atoms with Crippen LogP contribution in [0, 0.1) is 20.8 Å². The molecule has 112 valence electrons. The molecule has 2 rings (SSSR count). The van der Waals surface area contributed by atoms with Crippen molar-refractivity contribution < 1.29 is 9.84 Å². The molecule has 1 aliphatic heterocycles. The van der Waals surface area contributed by atoms with Crippen molar-refractivity contribution in [1.82, 2.24) is 0 Å². The molecule has 1 atom stereocenters. The van der Waals surface area contributed by atoms with Crippen molar-refractivity contribution in [2.75, 3.05) is 0 Å². The summed E-state index contributed by atoms with van der Waals surface area (Å²) < 4.78 is 6.20. The van der Waals surface area contributed by atoms with Gasteiger partial charge >= 0.3 is 0 Å². The Morgan fingerprint density at radius 1 is 1.25 bits per heavy atom. The number of phenolic OH excluding ortho intramolecular Hbond substituents is 1. The van der Waals surface area contributed by atoms with E-state index in [0.717, 1.165) is 41.7 Å². The lowest BCUT2D eigenvalue weighted by atomic mass is 9.86. The van der Waals surface area contributed by atoms with Crippen LogP contribution >= 0.6 is 0 Å². The van der Waals surface area contributed by atoms with E-state index in [1.54, 1.807) is 6.08 Å². The highest BCUT2D eigenvalue weighted by Crippen LogP contribution is 2.43. The first-order chi connectivity index (χ1) is 9.31. The minimum Gasteiger partial charge on any atom is -0.507 e. The van der Waals surface area contributed by atoms with Gasteiger partial charge in [-0.25, -0.2) is 0 Å². The molecule has 2 nitrogen and oxygen atoms in total. The molecular formula is C18H28O2. The molecule has 1 heterocycles. The van der Waals surface area contributed by atoms with Crippen LogP contribution in [0.5, 0.6) is 11.5 Å². The molecule has 0 radical (unpaired) electrons. The van der Waals surface area contributed by atoms with E-state index >= 15 is 0 Å². The monoisotopic (exact) mass is 276 g/mol. The Hall–Kier alpha value is -1.44. The topological polar surface area (TPSA) is 29.5 Å². The van der Waals surface area contributed by atoms with Crippen LogP contribution in [0.3, 0.4) is 0 Å². The number of hydrogen-bond donors (Lipinski definition) is 1. The average molecular weight is 276 g/mol. The number of rotatable bonds is 1. The van der Waals surface area contributed by atoms with Gasteiger partial charge in [0.05, 0.1) is 0 Å². The maximum absolute atomic E-state index is 10.1. The zero-order valence-electron chi connectivity index (χ0n) is 13.8. The van der Waals surface area contributed by atoms with Crippen molar-refractivity contribution in [1.29, 1.82) is 0 Å². The number of phenols is 1. The summed E-state index contributed by atoms with van der Waals surface area (Å²) in [7, 11) is 0. The summed E-state index contributed by atoms with van der Waals surface area (Å²) >= 11 is 0. The first kappa shape index (κ1) is 16.6. The summed E-state index contributed by atoms with van der Waals surface area (Å²) in [6.07, 6.45) is 4.80. The van der Waals surface area contributed by atoms with Gasteiger partial charge < -0.3 is 9.84 Å². The van der Waals surface area contributed by atoms with Gasteiger partial charge in [0.15, 0.2) is 0 Å². The van der Waals surface area contributed by atoms with Gasteiger partial charge in [0.2, 0.25) is 0 Å². The molecule has 1 aromatic carbocycles. The van der Waals surface area contributed by atoms with Crippen LogP contribution in [0.15, 0.2) is 12.7 Å². The summed E-state index contributed by atoms with van der Waals surface area (Å²) in [5.41, 5.74) is 4.16. The Balaban J connectivity index is 0.000000612. The van der Waals surface area contributed by atoms with Crippen LogP contribution in [0.1, 0.15) is 55.9 Å². The van der Waals surface area contributed by atoms with Crippen LogP contribution in [-0.2, 0) is 6.42 Å². The van der Waals surface area contributed by atoms with Crippen LogP contribution in [-0.4, -0.2) is 10.7 Å². The Kier molecular flexibility index (Phi) is 5.27. The lowest BCUT2D eigenvalue weighted by Crippen LogP contribution is -2.36. The largest absolute Gasteiger partial charge is 0.507 e. The SMILES string of the molecule is C=CC.CCC1(C)CCc2c(C)c(O)c(C)c(C)c2O1. The van der Waals surface area contributed by atoms with E-state index < -0.39 is 0 Å². The van der Waals surface area contributed by atoms with Gasteiger partial charge in [0.1, 0.15) is 17.1 Å². The fraction of sp³-hybridized carbons (Fsp3) is 0.556. The molecular weight excluding hydrogens is 248 g/mol. The predicted octanol–water partition coefficient (Wildman–Crippen LogP) is 5.00. The molecule has 0 saturated carbocycles. The average Bonchev–Trinajstić information content (AvgIpc) is 2.43. The van der Waals surface area contributed by atoms with E-state index in [9.17, 15) is 5.11 Å². The standard InChI is InChI=1S/C15H22O2.C3H6/c1-6-15(5)8-7-12-11(4)13(16)9(2)10(3)14(12)17-15;1-3-2/h16H,6-8H2,1-5H3;3H,1H2,2H3. The highest BCUT2D eigenvalue weighted by Gasteiger charge is 2.32. The van der Waals surface area contributed by atoms with E-state index in [2.05, 4.69) is 20.4 Å². The van der Waals surface area contributed by atoms with E-state index in [1.165, 1.54) is 5.56 Å². The summed E-state index contributed by atoms with van der Waals surface area (Å²) in [6.45, 7) is 15.6. The molecule has 1 N–H and O–H groups in total. The molecule has 0 aromatic heterocycles. The Bertz CT molecular complexity index is 503. The number of allylic oxidation sites excluding steroid dienone is 1. The maximum Gasteiger partial charge on any atom is 0.127 e. The molecule has 1 aliphatic rings. The van der Waals surface area contributed by atoms with Crippen LogP contribution in [0.4, 0.5) is 0 Å². The number of benzene rings is 1. The second-order valence-electron chi connectivity index (χ2n) is 5.85. The summed E-state index contributed by atoms with van der Waals surface area (Å²) in [5, 5.41) is 10.1. The molecule has 0 spiro atoms. The molecule has 1 unspecified atom stereocenters. The van der Waals surface area contributed by atoms with E-state index in [1.807, 2.05) is 27.7 Å². The molecule has 0 aliphatic carbocycles. The summed E-state index contributed by atoms with van der Waals surface area (Å²) in [4.78, 5) is 0. The van der Waals surface area contributed by atoms with Gasteiger partial charge in [-0.3, -0.25) is 0 Å².